The topological polar surface area (TPSA) is 57.4 Å². The van der Waals surface area contributed by atoms with Crippen LogP contribution >= 0.6 is 11.6 Å². The van der Waals surface area contributed by atoms with Crippen LogP contribution in [-0.2, 0) is 0 Å². The normalized spacial score (nSPS) is 10.8. The number of hydrogen-bond acceptors (Lipinski definition) is 4. The monoisotopic (exact) mass is 299 g/mol. The molecule has 0 saturated carbocycles. The summed E-state index contributed by atoms with van der Waals surface area (Å²) < 4.78 is 5.20. The van der Waals surface area contributed by atoms with Gasteiger partial charge in [0.1, 0.15) is 11.8 Å². The van der Waals surface area contributed by atoms with Gasteiger partial charge in [0.25, 0.3) is 0 Å². The lowest BCUT2D eigenvalue weighted by Crippen LogP contribution is -2.00. The number of nitriles is 1. The highest BCUT2D eigenvalue weighted by atomic mass is 35.5. The van der Waals surface area contributed by atoms with Gasteiger partial charge in [-0.05, 0) is 61.0 Å². The van der Waals surface area contributed by atoms with Crippen molar-refractivity contribution in [2.24, 2.45) is 5.10 Å². The van der Waals surface area contributed by atoms with Crippen molar-refractivity contribution in [3.8, 4) is 11.8 Å². The van der Waals surface area contributed by atoms with E-state index in [-0.39, 0.29) is 6.61 Å². The molecule has 0 aromatic heterocycles. The fraction of sp³-hybridized carbons (Fsp3) is 0.125. The molecular weight excluding hydrogens is 286 g/mol. The van der Waals surface area contributed by atoms with Gasteiger partial charge in [0.05, 0.1) is 11.4 Å². The van der Waals surface area contributed by atoms with E-state index in [1.54, 1.807) is 12.1 Å². The van der Waals surface area contributed by atoms with E-state index < -0.39 is 0 Å². The van der Waals surface area contributed by atoms with Crippen LogP contribution in [-0.4, -0.2) is 12.3 Å². The minimum Gasteiger partial charge on any atom is -0.479 e. The first kappa shape index (κ1) is 14.9. The van der Waals surface area contributed by atoms with E-state index in [2.05, 4.69) is 10.5 Å². The molecule has 0 saturated heterocycles. The molecule has 106 valence electrons. The Hall–Kier alpha value is -2.51. The molecular formula is C16H14ClN3O. The average Bonchev–Trinajstić information content (AvgIpc) is 2.52. The Morgan fingerprint density at radius 3 is 2.48 bits per heavy atom. The predicted octanol–water partition coefficient (Wildman–Crippen LogP) is 4.08. The zero-order valence-electron chi connectivity index (χ0n) is 11.5. The number of nitrogens with one attached hydrogen (secondary N) is 1. The molecule has 0 fully saturated rings. The van der Waals surface area contributed by atoms with Crippen LogP contribution in [0.5, 0.6) is 5.75 Å². The molecule has 2 rings (SSSR count). The Bertz CT molecular complexity index is 657. The van der Waals surface area contributed by atoms with E-state index in [1.807, 2.05) is 49.4 Å². The van der Waals surface area contributed by atoms with Crippen LogP contribution in [0.25, 0.3) is 0 Å². The number of benzene rings is 2. The smallest absolute Gasteiger partial charge is 0.174 e. The fourth-order valence-corrected chi connectivity index (χ4v) is 1.77. The van der Waals surface area contributed by atoms with E-state index in [9.17, 15) is 0 Å². The van der Waals surface area contributed by atoms with E-state index in [4.69, 9.17) is 21.6 Å². The molecule has 0 amide bonds. The number of hydrazone groups is 1. The van der Waals surface area contributed by atoms with Crippen molar-refractivity contribution in [1.29, 1.82) is 5.26 Å². The van der Waals surface area contributed by atoms with Crippen LogP contribution < -0.4 is 10.2 Å². The molecule has 0 radical (unpaired) electrons. The number of halogens is 1. The average molecular weight is 300 g/mol. The molecule has 0 bridgehead atoms. The molecule has 0 atom stereocenters. The first-order chi connectivity index (χ1) is 10.2. The highest BCUT2D eigenvalue weighted by Crippen LogP contribution is 2.15. The maximum atomic E-state index is 8.46. The zero-order chi connectivity index (χ0) is 15.1. The van der Waals surface area contributed by atoms with Crippen LogP contribution in [0.3, 0.4) is 0 Å². The van der Waals surface area contributed by atoms with E-state index in [0.717, 1.165) is 17.0 Å². The van der Waals surface area contributed by atoms with E-state index in [1.165, 1.54) is 0 Å². The summed E-state index contributed by atoms with van der Waals surface area (Å²) in [5, 5.41) is 13.5. The van der Waals surface area contributed by atoms with Crippen molar-refractivity contribution in [2.75, 3.05) is 12.0 Å². The van der Waals surface area contributed by atoms with Gasteiger partial charge in [0.2, 0.25) is 0 Å². The van der Waals surface area contributed by atoms with Crippen LogP contribution in [0.2, 0.25) is 5.02 Å². The Labute approximate surface area is 128 Å². The molecule has 2 aromatic rings. The fourth-order valence-electron chi connectivity index (χ4n) is 1.65. The summed E-state index contributed by atoms with van der Waals surface area (Å²) >= 11 is 5.83. The number of nitrogens with zero attached hydrogens (tertiary/aromatic N) is 2. The second kappa shape index (κ2) is 7.32. The number of rotatable bonds is 5. The van der Waals surface area contributed by atoms with E-state index >= 15 is 0 Å². The molecule has 0 spiro atoms. The molecule has 0 heterocycles. The molecule has 2 aromatic carbocycles. The summed E-state index contributed by atoms with van der Waals surface area (Å²) in [6, 6.07) is 16.7. The Morgan fingerprint density at radius 1 is 1.19 bits per heavy atom. The van der Waals surface area contributed by atoms with Crippen molar-refractivity contribution < 1.29 is 4.74 Å². The van der Waals surface area contributed by atoms with Gasteiger partial charge < -0.3 is 4.74 Å². The zero-order valence-corrected chi connectivity index (χ0v) is 12.3. The standard InChI is InChI=1S/C16H14ClN3O/c1-12(19-20-15-6-4-14(17)5-7-15)13-2-8-16(9-3-13)21-11-10-18/h2-9,20H,11H2,1H3/b19-12-. The number of ether oxygens (including phenoxy) is 1. The molecule has 0 aliphatic rings. The largest absolute Gasteiger partial charge is 0.479 e. The van der Waals surface area contributed by atoms with Gasteiger partial charge in [-0.3, -0.25) is 5.43 Å². The summed E-state index contributed by atoms with van der Waals surface area (Å²) in [6.45, 7) is 1.96. The van der Waals surface area contributed by atoms with Gasteiger partial charge in [-0.15, -0.1) is 0 Å². The predicted molar refractivity (Wildman–Crippen MR) is 84.8 cm³/mol. The summed E-state index contributed by atoms with van der Waals surface area (Å²) in [6.07, 6.45) is 0. The summed E-state index contributed by atoms with van der Waals surface area (Å²) in [5.74, 6) is 0.666. The molecule has 4 nitrogen and oxygen atoms in total. The summed E-state index contributed by atoms with van der Waals surface area (Å²) in [5.41, 5.74) is 5.66. The van der Waals surface area contributed by atoms with E-state index in [0.29, 0.717) is 10.8 Å². The van der Waals surface area contributed by atoms with Gasteiger partial charge in [-0.1, -0.05) is 11.6 Å². The maximum Gasteiger partial charge on any atom is 0.174 e. The Balaban J connectivity index is 2.01. The molecule has 0 aliphatic heterocycles. The van der Waals surface area contributed by atoms with Gasteiger partial charge >= 0.3 is 0 Å². The third-order valence-electron chi connectivity index (χ3n) is 2.77. The minimum atomic E-state index is 0.0462. The van der Waals surface area contributed by atoms with Crippen molar-refractivity contribution in [2.45, 2.75) is 6.92 Å². The second-order valence-electron chi connectivity index (χ2n) is 4.29. The molecule has 1 N–H and O–H groups in total. The lowest BCUT2D eigenvalue weighted by molar-refractivity contribution is 0.368. The molecule has 0 unspecified atom stereocenters. The number of anilines is 1. The van der Waals surface area contributed by atoms with Crippen molar-refractivity contribution in [3.63, 3.8) is 0 Å². The molecule has 21 heavy (non-hydrogen) atoms. The first-order valence-electron chi connectivity index (χ1n) is 6.35. The third-order valence-corrected chi connectivity index (χ3v) is 3.02. The van der Waals surface area contributed by atoms with Gasteiger partial charge in [-0.2, -0.15) is 10.4 Å². The quantitative estimate of drug-likeness (QED) is 0.668. The first-order valence-corrected chi connectivity index (χ1v) is 6.73. The third kappa shape index (κ3) is 4.51. The minimum absolute atomic E-state index is 0.0462. The lowest BCUT2D eigenvalue weighted by Gasteiger charge is -2.05. The van der Waals surface area contributed by atoms with Crippen molar-refractivity contribution >= 4 is 23.0 Å². The molecule has 0 aliphatic carbocycles. The SMILES string of the molecule is C/C(=N/Nc1ccc(Cl)cc1)c1ccc(OCC#N)cc1. The van der Waals surface area contributed by atoms with Gasteiger partial charge in [0.15, 0.2) is 6.61 Å². The van der Waals surface area contributed by atoms with Crippen LogP contribution in [0.4, 0.5) is 5.69 Å². The highest BCUT2D eigenvalue weighted by molar-refractivity contribution is 6.30. The van der Waals surface area contributed by atoms with Crippen LogP contribution in [0.15, 0.2) is 53.6 Å². The highest BCUT2D eigenvalue weighted by Gasteiger charge is 1.99. The number of hydrogen-bond donors (Lipinski definition) is 1. The molecule has 5 heteroatoms. The lowest BCUT2D eigenvalue weighted by atomic mass is 10.1. The Kier molecular flexibility index (Phi) is 5.19. The van der Waals surface area contributed by atoms with Crippen molar-refractivity contribution in [1.82, 2.24) is 0 Å². The summed E-state index contributed by atoms with van der Waals surface area (Å²) in [7, 11) is 0. The van der Waals surface area contributed by atoms with Crippen LogP contribution in [0, 0.1) is 11.3 Å². The Morgan fingerprint density at radius 2 is 1.86 bits per heavy atom. The van der Waals surface area contributed by atoms with Crippen molar-refractivity contribution in [3.05, 3.63) is 59.1 Å². The van der Waals surface area contributed by atoms with Gasteiger partial charge in [0, 0.05) is 5.02 Å². The second-order valence-corrected chi connectivity index (χ2v) is 4.72. The van der Waals surface area contributed by atoms with Crippen LogP contribution in [0.1, 0.15) is 12.5 Å². The van der Waals surface area contributed by atoms with Gasteiger partial charge in [-0.25, -0.2) is 0 Å². The maximum absolute atomic E-state index is 8.46. The summed E-state index contributed by atoms with van der Waals surface area (Å²) in [4.78, 5) is 0.